The summed E-state index contributed by atoms with van der Waals surface area (Å²) >= 11 is 16.7. The van der Waals surface area contributed by atoms with Gasteiger partial charge in [-0.05, 0) is 18.2 Å². The van der Waals surface area contributed by atoms with Crippen LogP contribution < -0.4 is 10.5 Å². The van der Waals surface area contributed by atoms with Crippen LogP contribution in [-0.4, -0.2) is 15.0 Å². The van der Waals surface area contributed by atoms with Crippen molar-refractivity contribution < 1.29 is 4.74 Å². The summed E-state index contributed by atoms with van der Waals surface area (Å²) in [6, 6.07) is 6.72. The molecular formula is C11H7Cl2N3OS. The number of hydrogen-bond donors (Lipinski definition) is 1. The van der Waals surface area contributed by atoms with Crippen LogP contribution in [0.5, 0.6) is 11.8 Å². The maximum atomic E-state index is 5.98. The Morgan fingerprint density at radius 1 is 1.28 bits per heavy atom. The molecule has 0 amide bonds. The van der Waals surface area contributed by atoms with E-state index in [4.69, 9.17) is 45.9 Å². The zero-order chi connectivity index (χ0) is 13.1. The fourth-order valence-corrected chi connectivity index (χ4v) is 1.63. The fourth-order valence-electron chi connectivity index (χ4n) is 1.19. The molecule has 0 saturated heterocycles. The SMILES string of the molecule is NC(=S)c1ccnc(Oc2cccc(Cl)c2Cl)n1. The summed E-state index contributed by atoms with van der Waals surface area (Å²) in [7, 11) is 0. The van der Waals surface area contributed by atoms with Crippen molar-refractivity contribution >= 4 is 40.4 Å². The average Bonchev–Trinajstić information content (AvgIpc) is 2.35. The molecule has 2 N–H and O–H groups in total. The van der Waals surface area contributed by atoms with Crippen molar-refractivity contribution in [2.45, 2.75) is 0 Å². The van der Waals surface area contributed by atoms with Crippen molar-refractivity contribution in [3.8, 4) is 11.8 Å². The molecule has 0 bridgehead atoms. The molecule has 1 aromatic carbocycles. The van der Waals surface area contributed by atoms with Gasteiger partial charge in [0.25, 0.3) is 0 Å². The Morgan fingerprint density at radius 2 is 2.06 bits per heavy atom. The minimum atomic E-state index is 0.101. The molecule has 0 aliphatic rings. The topological polar surface area (TPSA) is 61.0 Å². The highest BCUT2D eigenvalue weighted by molar-refractivity contribution is 7.80. The van der Waals surface area contributed by atoms with E-state index in [1.807, 2.05) is 0 Å². The number of nitrogens with two attached hydrogens (primary N) is 1. The molecule has 0 unspecified atom stereocenters. The van der Waals surface area contributed by atoms with E-state index in [1.165, 1.54) is 6.20 Å². The smallest absolute Gasteiger partial charge is 0.322 e. The molecule has 0 radical (unpaired) electrons. The maximum absolute atomic E-state index is 5.98. The largest absolute Gasteiger partial charge is 0.423 e. The van der Waals surface area contributed by atoms with E-state index in [1.54, 1.807) is 24.3 Å². The van der Waals surface area contributed by atoms with Gasteiger partial charge in [-0.1, -0.05) is 41.5 Å². The van der Waals surface area contributed by atoms with Crippen LogP contribution in [0.25, 0.3) is 0 Å². The minimum absolute atomic E-state index is 0.101. The van der Waals surface area contributed by atoms with Gasteiger partial charge in [-0.2, -0.15) is 4.98 Å². The normalized spacial score (nSPS) is 10.1. The summed E-state index contributed by atoms with van der Waals surface area (Å²) in [5.41, 5.74) is 5.89. The Bertz CT molecular complexity index is 607. The van der Waals surface area contributed by atoms with E-state index >= 15 is 0 Å². The van der Waals surface area contributed by atoms with Crippen LogP contribution in [0, 0.1) is 0 Å². The summed E-state index contributed by atoms with van der Waals surface area (Å²) in [6.07, 6.45) is 1.50. The van der Waals surface area contributed by atoms with Gasteiger partial charge in [-0.25, -0.2) is 4.98 Å². The first-order chi connectivity index (χ1) is 8.58. The Kier molecular flexibility index (Phi) is 3.96. The number of halogens is 2. The number of nitrogens with zero attached hydrogens (tertiary/aromatic N) is 2. The quantitative estimate of drug-likeness (QED) is 0.882. The molecule has 1 heterocycles. The maximum Gasteiger partial charge on any atom is 0.322 e. The lowest BCUT2D eigenvalue weighted by Crippen LogP contribution is -2.12. The van der Waals surface area contributed by atoms with E-state index in [0.717, 1.165) is 0 Å². The summed E-state index contributed by atoms with van der Waals surface area (Å²) in [5.74, 6) is 0.365. The Morgan fingerprint density at radius 3 is 2.78 bits per heavy atom. The third-order valence-electron chi connectivity index (χ3n) is 2.00. The van der Waals surface area contributed by atoms with Crippen LogP contribution >= 0.6 is 35.4 Å². The van der Waals surface area contributed by atoms with Gasteiger partial charge in [0, 0.05) is 6.20 Å². The molecule has 0 spiro atoms. The molecule has 2 rings (SSSR count). The lowest BCUT2D eigenvalue weighted by molar-refractivity contribution is 0.441. The van der Waals surface area contributed by atoms with E-state index in [-0.39, 0.29) is 11.0 Å². The summed E-state index contributed by atoms with van der Waals surface area (Å²) in [5, 5.41) is 0.683. The van der Waals surface area contributed by atoms with Gasteiger partial charge < -0.3 is 10.5 Å². The van der Waals surface area contributed by atoms with Gasteiger partial charge in [0.1, 0.15) is 15.7 Å². The standard InChI is InChI=1S/C11H7Cl2N3OS/c12-6-2-1-3-8(9(6)13)17-11-15-5-4-7(16-11)10(14)18/h1-5H,(H2,14,18). The second-order valence-electron chi connectivity index (χ2n) is 3.24. The van der Waals surface area contributed by atoms with Gasteiger partial charge >= 0.3 is 6.01 Å². The number of ether oxygens (including phenoxy) is 1. The van der Waals surface area contributed by atoms with Gasteiger partial charge in [-0.15, -0.1) is 0 Å². The summed E-state index contributed by atoms with van der Waals surface area (Å²) in [4.78, 5) is 8.14. The molecule has 1 aromatic heterocycles. The molecule has 0 atom stereocenters. The van der Waals surface area contributed by atoms with E-state index in [0.29, 0.717) is 21.5 Å². The fraction of sp³-hybridized carbons (Fsp3) is 0. The summed E-state index contributed by atoms with van der Waals surface area (Å²) < 4.78 is 5.43. The van der Waals surface area contributed by atoms with Crippen LogP contribution in [0.15, 0.2) is 30.5 Å². The molecular weight excluding hydrogens is 293 g/mol. The molecule has 7 heteroatoms. The molecule has 0 aliphatic carbocycles. The van der Waals surface area contributed by atoms with Crippen LogP contribution in [0.1, 0.15) is 5.69 Å². The molecule has 18 heavy (non-hydrogen) atoms. The second-order valence-corrected chi connectivity index (χ2v) is 4.47. The summed E-state index contributed by atoms with van der Waals surface area (Å²) in [6.45, 7) is 0. The Hall–Kier alpha value is -1.43. The second kappa shape index (κ2) is 5.48. The number of benzene rings is 1. The predicted molar refractivity (Wildman–Crippen MR) is 74.5 cm³/mol. The van der Waals surface area contributed by atoms with E-state index in [2.05, 4.69) is 9.97 Å². The van der Waals surface area contributed by atoms with Crippen LogP contribution in [-0.2, 0) is 0 Å². The van der Waals surface area contributed by atoms with Crippen molar-refractivity contribution in [1.29, 1.82) is 0 Å². The third kappa shape index (κ3) is 2.87. The van der Waals surface area contributed by atoms with Gasteiger partial charge in [0.15, 0.2) is 5.75 Å². The van der Waals surface area contributed by atoms with Gasteiger partial charge in [0.2, 0.25) is 0 Å². The third-order valence-corrected chi connectivity index (χ3v) is 3.01. The van der Waals surface area contributed by atoms with Crippen molar-refractivity contribution in [3.63, 3.8) is 0 Å². The zero-order valence-electron chi connectivity index (χ0n) is 8.93. The van der Waals surface area contributed by atoms with Gasteiger partial charge in [-0.3, -0.25) is 0 Å². The monoisotopic (exact) mass is 299 g/mol. The molecule has 0 fully saturated rings. The molecule has 4 nitrogen and oxygen atoms in total. The molecule has 0 saturated carbocycles. The van der Waals surface area contributed by atoms with Gasteiger partial charge in [0.05, 0.1) is 5.02 Å². The van der Waals surface area contributed by atoms with Crippen molar-refractivity contribution in [3.05, 3.63) is 46.2 Å². The van der Waals surface area contributed by atoms with Crippen LogP contribution in [0.2, 0.25) is 10.0 Å². The molecule has 2 aromatic rings. The van der Waals surface area contributed by atoms with Crippen LogP contribution in [0.3, 0.4) is 0 Å². The number of rotatable bonds is 3. The molecule has 0 aliphatic heterocycles. The van der Waals surface area contributed by atoms with E-state index < -0.39 is 0 Å². The first-order valence-corrected chi connectivity index (χ1v) is 5.99. The highest BCUT2D eigenvalue weighted by Gasteiger charge is 2.09. The lowest BCUT2D eigenvalue weighted by atomic mass is 10.3. The highest BCUT2D eigenvalue weighted by atomic mass is 35.5. The zero-order valence-corrected chi connectivity index (χ0v) is 11.3. The number of aromatic nitrogens is 2. The lowest BCUT2D eigenvalue weighted by Gasteiger charge is -2.07. The Labute approximate surface area is 119 Å². The van der Waals surface area contributed by atoms with Crippen molar-refractivity contribution in [1.82, 2.24) is 9.97 Å². The average molecular weight is 300 g/mol. The van der Waals surface area contributed by atoms with Crippen molar-refractivity contribution in [2.24, 2.45) is 5.73 Å². The van der Waals surface area contributed by atoms with Crippen LogP contribution in [0.4, 0.5) is 0 Å². The number of hydrogen-bond acceptors (Lipinski definition) is 4. The molecule has 92 valence electrons. The van der Waals surface area contributed by atoms with Crippen molar-refractivity contribution in [2.75, 3.05) is 0 Å². The minimum Gasteiger partial charge on any atom is -0.423 e. The first kappa shape index (κ1) is 13.0. The Balaban J connectivity index is 2.31. The highest BCUT2D eigenvalue weighted by Crippen LogP contribution is 2.33. The van der Waals surface area contributed by atoms with E-state index in [9.17, 15) is 0 Å². The first-order valence-electron chi connectivity index (χ1n) is 4.82. The number of thiocarbonyl (C=S) groups is 1. The predicted octanol–water partition coefficient (Wildman–Crippen LogP) is 3.21.